The van der Waals surface area contributed by atoms with Crippen LogP contribution in [0.1, 0.15) is 96.8 Å². The number of hydrogen-bond acceptors (Lipinski definition) is 2. The lowest BCUT2D eigenvalue weighted by molar-refractivity contribution is 0.222. The van der Waals surface area contributed by atoms with Crippen LogP contribution in [0, 0.1) is 0 Å². The van der Waals surface area contributed by atoms with Crippen LogP contribution in [0.2, 0.25) is 0 Å². The zero-order valence-electron chi connectivity index (χ0n) is 13.4. The second kappa shape index (κ2) is 16.9. The Bertz CT molecular complexity index is 207. The molecule has 20 heavy (non-hydrogen) atoms. The summed E-state index contributed by atoms with van der Waals surface area (Å²) >= 11 is 1.03. The van der Waals surface area contributed by atoms with E-state index in [1.165, 1.54) is 83.5 Å². The highest BCUT2D eigenvalue weighted by atomic mass is 32.2. The highest BCUT2D eigenvalue weighted by Gasteiger charge is 1.97. The van der Waals surface area contributed by atoms with E-state index in [2.05, 4.69) is 6.92 Å². The molecule has 0 aromatic rings. The van der Waals surface area contributed by atoms with Crippen LogP contribution in [0.25, 0.3) is 0 Å². The van der Waals surface area contributed by atoms with Gasteiger partial charge in [0, 0.05) is 5.75 Å². The van der Waals surface area contributed by atoms with Gasteiger partial charge in [-0.3, -0.25) is 0 Å². The first-order chi connectivity index (χ1) is 9.77. The molecule has 1 N–H and O–H groups in total. The lowest BCUT2D eigenvalue weighted by Gasteiger charge is -2.03. The lowest BCUT2D eigenvalue weighted by atomic mass is 10.0. The molecule has 120 valence electrons. The van der Waals surface area contributed by atoms with E-state index in [9.17, 15) is 4.79 Å². The van der Waals surface area contributed by atoms with Crippen LogP contribution in [0.15, 0.2) is 0 Å². The zero-order chi connectivity index (χ0) is 14.9. The average Bonchev–Trinajstić information content (AvgIpc) is 2.43. The molecule has 0 aliphatic heterocycles. The van der Waals surface area contributed by atoms with Gasteiger partial charge in [0.1, 0.15) is 0 Å². The van der Waals surface area contributed by atoms with Crippen molar-refractivity contribution in [3.63, 3.8) is 0 Å². The molecule has 0 atom stereocenters. The monoisotopic (exact) mass is 302 g/mol. The Hall–Kier alpha value is -0.180. The smallest absolute Gasteiger partial charge is 0.364 e. The first-order valence-corrected chi connectivity index (χ1v) is 9.61. The molecule has 0 amide bonds. The van der Waals surface area contributed by atoms with Crippen LogP contribution >= 0.6 is 11.8 Å². The van der Waals surface area contributed by atoms with Crippen LogP contribution in [0.4, 0.5) is 4.79 Å². The highest BCUT2D eigenvalue weighted by Crippen LogP contribution is 2.13. The van der Waals surface area contributed by atoms with Crippen LogP contribution in [0.5, 0.6) is 0 Å². The van der Waals surface area contributed by atoms with Gasteiger partial charge in [-0.05, 0) is 18.2 Å². The Labute approximate surface area is 130 Å². The summed E-state index contributed by atoms with van der Waals surface area (Å²) in [5.41, 5.74) is 0. The molecular formula is C17H34O2S. The molecule has 2 nitrogen and oxygen atoms in total. The first kappa shape index (κ1) is 19.8. The molecular weight excluding hydrogens is 268 g/mol. The minimum atomic E-state index is -0.736. The van der Waals surface area contributed by atoms with Gasteiger partial charge < -0.3 is 5.11 Å². The third kappa shape index (κ3) is 17.8. The van der Waals surface area contributed by atoms with Crippen molar-refractivity contribution in [3.05, 3.63) is 0 Å². The van der Waals surface area contributed by atoms with E-state index in [1.807, 2.05) is 0 Å². The molecule has 0 rings (SSSR count). The van der Waals surface area contributed by atoms with Crippen molar-refractivity contribution in [3.8, 4) is 0 Å². The minimum absolute atomic E-state index is 0.736. The molecule has 0 fully saturated rings. The first-order valence-electron chi connectivity index (χ1n) is 8.63. The van der Waals surface area contributed by atoms with Crippen molar-refractivity contribution in [2.24, 2.45) is 0 Å². The Morgan fingerprint density at radius 1 is 0.700 bits per heavy atom. The summed E-state index contributed by atoms with van der Waals surface area (Å²) in [5, 5.41) is 7.74. The maximum Gasteiger partial charge on any atom is 0.364 e. The number of hydrogen-bond donors (Lipinski definition) is 1. The van der Waals surface area contributed by atoms with E-state index in [-0.39, 0.29) is 0 Å². The molecule has 0 aromatic heterocycles. The van der Waals surface area contributed by atoms with E-state index < -0.39 is 5.30 Å². The minimum Gasteiger partial charge on any atom is -0.473 e. The van der Waals surface area contributed by atoms with Crippen LogP contribution in [-0.4, -0.2) is 16.2 Å². The van der Waals surface area contributed by atoms with Gasteiger partial charge in [0.25, 0.3) is 0 Å². The van der Waals surface area contributed by atoms with E-state index in [0.717, 1.165) is 23.9 Å². The van der Waals surface area contributed by atoms with Crippen molar-refractivity contribution < 1.29 is 9.90 Å². The molecule has 0 heterocycles. The number of unbranched alkanes of at least 4 members (excludes halogenated alkanes) is 13. The van der Waals surface area contributed by atoms with Gasteiger partial charge >= 0.3 is 5.30 Å². The van der Waals surface area contributed by atoms with Crippen molar-refractivity contribution in [1.82, 2.24) is 0 Å². The molecule has 0 bridgehead atoms. The highest BCUT2D eigenvalue weighted by molar-refractivity contribution is 8.13. The summed E-state index contributed by atoms with van der Waals surface area (Å²) in [6.45, 7) is 2.27. The number of thioether (sulfide) groups is 1. The Morgan fingerprint density at radius 3 is 1.40 bits per heavy atom. The molecule has 0 saturated heterocycles. The van der Waals surface area contributed by atoms with Crippen LogP contribution in [0.3, 0.4) is 0 Å². The Balaban J connectivity index is 2.94. The largest absolute Gasteiger partial charge is 0.473 e. The summed E-state index contributed by atoms with van der Waals surface area (Å²) in [6.07, 6.45) is 18.9. The SMILES string of the molecule is CCCCCCCCCCCCCCCCSC(=O)O. The molecule has 0 spiro atoms. The fourth-order valence-corrected chi connectivity index (χ4v) is 2.98. The Morgan fingerprint density at radius 2 is 1.05 bits per heavy atom. The topological polar surface area (TPSA) is 37.3 Å². The molecule has 0 aliphatic carbocycles. The number of carboxylic acid groups (broad SMARTS) is 1. The van der Waals surface area contributed by atoms with E-state index in [1.54, 1.807) is 0 Å². The van der Waals surface area contributed by atoms with E-state index in [0.29, 0.717) is 0 Å². The van der Waals surface area contributed by atoms with Gasteiger partial charge in [0.2, 0.25) is 0 Å². The maximum absolute atomic E-state index is 10.3. The van der Waals surface area contributed by atoms with E-state index >= 15 is 0 Å². The molecule has 3 heteroatoms. The third-order valence-electron chi connectivity index (χ3n) is 3.72. The van der Waals surface area contributed by atoms with Gasteiger partial charge in [-0.25, -0.2) is 4.79 Å². The van der Waals surface area contributed by atoms with Gasteiger partial charge in [-0.15, -0.1) is 0 Å². The normalized spacial score (nSPS) is 10.8. The fraction of sp³-hybridized carbons (Fsp3) is 0.941. The predicted molar refractivity (Wildman–Crippen MR) is 90.8 cm³/mol. The van der Waals surface area contributed by atoms with Crippen molar-refractivity contribution >= 4 is 17.1 Å². The number of rotatable bonds is 15. The average molecular weight is 303 g/mol. The second-order valence-electron chi connectivity index (χ2n) is 5.71. The fourth-order valence-electron chi connectivity index (χ4n) is 2.46. The summed E-state index contributed by atoms with van der Waals surface area (Å²) in [6, 6.07) is 0. The maximum atomic E-state index is 10.3. The molecule has 0 aromatic carbocycles. The van der Waals surface area contributed by atoms with Crippen molar-refractivity contribution in [2.75, 3.05) is 5.75 Å². The predicted octanol–water partition coefficient (Wildman–Crippen LogP) is 6.88. The zero-order valence-corrected chi connectivity index (χ0v) is 14.2. The van der Waals surface area contributed by atoms with Gasteiger partial charge in [0.05, 0.1) is 0 Å². The van der Waals surface area contributed by atoms with Gasteiger partial charge in [-0.1, -0.05) is 90.4 Å². The number of carbonyl (C=O) groups is 1. The van der Waals surface area contributed by atoms with Crippen LogP contribution in [-0.2, 0) is 0 Å². The second-order valence-corrected chi connectivity index (χ2v) is 6.76. The van der Waals surface area contributed by atoms with Gasteiger partial charge in [0.15, 0.2) is 0 Å². The third-order valence-corrected chi connectivity index (χ3v) is 4.46. The van der Waals surface area contributed by atoms with E-state index in [4.69, 9.17) is 5.11 Å². The summed E-state index contributed by atoms with van der Waals surface area (Å²) in [5.74, 6) is 0.771. The molecule has 0 unspecified atom stereocenters. The molecule has 0 radical (unpaired) electrons. The van der Waals surface area contributed by atoms with Crippen molar-refractivity contribution in [1.29, 1.82) is 0 Å². The quantitative estimate of drug-likeness (QED) is 0.335. The lowest BCUT2D eigenvalue weighted by Crippen LogP contribution is -1.88. The summed E-state index contributed by atoms with van der Waals surface area (Å²) < 4.78 is 0. The standard InChI is InChI=1S/C17H34O2S/c1-2-3-4-5-6-7-8-9-10-11-12-13-14-15-16-20-17(18)19/h2-16H2,1H3,(H,18,19). The Kier molecular flexibility index (Phi) is 16.7. The summed E-state index contributed by atoms with van der Waals surface area (Å²) in [7, 11) is 0. The summed E-state index contributed by atoms with van der Waals surface area (Å²) in [4.78, 5) is 10.3. The molecule has 0 aliphatic rings. The molecule has 0 saturated carbocycles. The van der Waals surface area contributed by atoms with Gasteiger partial charge in [-0.2, -0.15) is 0 Å². The van der Waals surface area contributed by atoms with Crippen molar-refractivity contribution in [2.45, 2.75) is 96.8 Å². The van der Waals surface area contributed by atoms with Crippen LogP contribution < -0.4 is 0 Å².